The van der Waals surface area contributed by atoms with Crippen LogP contribution in [0, 0.1) is 6.92 Å². The molecule has 27 heavy (non-hydrogen) atoms. The number of aromatic amines is 2. The van der Waals surface area contributed by atoms with Gasteiger partial charge < -0.3 is 14.7 Å². The molecule has 1 aliphatic carbocycles. The third kappa shape index (κ3) is 3.15. The lowest BCUT2D eigenvalue weighted by atomic mass is 10.1. The van der Waals surface area contributed by atoms with Crippen molar-refractivity contribution in [2.45, 2.75) is 58.4 Å². The molecule has 1 fully saturated rings. The number of imidazole rings is 1. The van der Waals surface area contributed by atoms with Gasteiger partial charge in [-0.3, -0.25) is 14.2 Å². The SMILES string of the molecule is CCCn1c(Oc2c(C)cc[nH]c2=O)nc2nc(C3CCCC3)[nH]c2c1=O. The van der Waals surface area contributed by atoms with Crippen LogP contribution in [0.3, 0.4) is 0 Å². The summed E-state index contributed by atoms with van der Waals surface area (Å²) in [4.78, 5) is 39.9. The molecule has 0 atom stereocenters. The summed E-state index contributed by atoms with van der Waals surface area (Å²) < 4.78 is 7.26. The third-order valence-corrected chi connectivity index (χ3v) is 5.09. The Balaban J connectivity index is 1.84. The highest BCUT2D eigenvalue weighted by Gasteiger charge is 2.23. The highest BCUT2D eigenvalue weighted by Crippen LogP contribution is 2.33. The van der Waals surface area contributed by atoms with Crippen molar-refractivity contribution in [3.63, 3.8) is 0 Å². The molecule has 0 bridgehead atoms. The van der Waals surface area contributed by atoms with E-state index in [0.717, 1.165) is 25.1 Å². The van der Waals surface area contributed by atoms with Gasteiger partial charge in [-0.15, -0.1) is 0 Å². The Kier molecular flexibility index (Phi) is 4.55. The summed E-state index contributed by atoms with van der Waals surface area (Å²) in [5.74, 6) is 1.31. The van der Waals surface area contributed by atoms with Gasteiger partial charge in [0.2, 0.25) is 0 Å². The Morgan fingerprint density at radius 3 is 2.74 bits per heavy atom. The molecule has 3 aromatic heterocycles. The number of hydrogen-bond donors (Lipinski definition) is 2. The van der Waals surface area contributed by atoms with E-state index in [1.807, 2.05) is 6.92 Å². The maximum Gasteiger partial charge on any atom is 0.307 e. The molecule has 0 unspecified atom stereocenters. The van der Waals surface area contributed by atoms with Gasteiger partial charge in [0.25, 0.3) is 11.1 Å². The molecule has 8 heteroatoms. The Labute approximate surface area is 155 Å². The first-order valence-corrected chi connectivity index (χ1v) is 9.45. The van der Waals surface area contributed by atoms with E-state index in [1.54, 1.807) is 19.2 Å². The van der Waals surface area contributed by atoms with Crippen molar-refractivity contribution in [3.05, 3.63) is 44.4 Å². The average molecular weight is 369 g/mol. The smallest absolute Gasteiger partial charge is 0.307 e. The summed E-state index contributed by atoms with van der Waals surface area (Å²) in [6.45, 7) is 4.19. The van der Waals surface area contributed by atoms with E-state index < -0.39 is 0 Å². The molecule has 4 rings (SSSR count). The molecule has 1 saturated carbocycles. The lowest BCUT2D eigenvalue weighted by Crippen LogP contribution is -2.24. The van der Waals surface area contributed by atoms with Crippen LogP contribution in [0.25, 0.3) is 11.2 Å². The predicted octanol–water partition coefficient (Wildman–Crippen LogP) is 2.98. The molecular weight excluding hydrogens is 346 g/mol. The summed E-state index contributed by atoms with van der Waals surface area (Å²) in [6, 6.07) is 1.84. The van der Waals surface area contributed by atoms with E-state index in [0.29, 0.717) is 29.2 Å². The van der Waals surface area contributed by atoms with E-state index in [2.05, 4.69) is 19.9 Å². The van der Waals surface area contributed by atoms with Crippen molar-refractivity contribution in [2.24, 2.45) is 0 Å². The zero-order valence-electron chi connectivity index (χ0n) is 15.5. The second-order valence-corrected chi connectivity index (χ2v) is 7.07. The van der Waals surface area contributed by atoms with Crippen LogP contribution in [-0.4, -0.2) is 24.5 Å². The minimum absolute atomic E-state index is 0.0959. The normalized spacial score (nSPS) is 14.9. The Bertz CT molecular complexity index is 1090. The van der Waals surface area contributed by atoms with Crippen LogP contribution in [0.15, 0.2) is 21.9 Å². The molecule has 2 N–H and O–H groups in total. The summed E-state index contributed by atoms with van der Waals surface area (Å²) in [5, 5.41) is 0. The van der Waals surface area contributed by atoms with Crippen LogP contribution in [0.2, 0.25) is 0 Å². The number of nitrogens with one attached hydrogen (secondary N) is 2. The third-order valence-electron chi connectivity index (χ3n) is 5.09. The number of aromatic nitrogens is 5. The first-order chi connectivity index (χ1) is 13.1. The van der Waals surface area contributed by atoms with Crippen LogP contribution in [0.5, 0.6) is 11.8 Å². The van der Waals surface area contributed by atoms with Gasteiger partial charge in [0.15, 0.2) is 16.9 Å². The van der Waals surface area contributed by atoms with Gasteiger partial charge in [-0.05, 0) is 37.8 Å². The molecule has 0 aromatic carbocycles. The van der Waals surface area contributed by atoms with Gasteiger partial charge in [0.05, 0.1) is 0 Å². The minimum atomic E-state index is -0.360. The number of aryl methyl sites for hydroxylation is 1. The quantitative estimate of drug-likeness (QED) is 0.719. The molecule has 8 nitrogen and oxygen atoms in total. The number of fused-ring (bicyclic) bond motifs is 1. The maximum atomic E-state index is 13.0. The summed E-state index contributed by atoms with van der Waals surface area (Å²) >= 11 is 0. The fraction of sp³-hybridized carbons (Fsp3) is 0.474. The Morgan fingerprint density at radius 2 is 2.04 bits per heavy atom. The van der Waals surface area contributed by atoms with E-state index in [9.17, 15) is 9.59 Å². The first kappa shape index (κ1) is 17.5. The molecule has 0 aliphatic heterocycles. The van der Waals surface area contributed by atoms with E-state index >= 15 is 0 Å². The topological polar surface area (TPSA) is 106 Å². The van der Waals surface area contributed by atoms with Crippen LogP contribution in [0.1, 0.15) is 56.3 Å². The van der Waals surface area contributed by atoms with Gasteiger partial charge in [-0.25, -0.2) is 4.98 Å². The number of H-pyrrole nitrogens is 2. The number of rotatable bonds is 5. The second kappa shape index (κ2) is 7.02. The first-order valence-electron chi connectivity index (χ1n) is 9.45. The molecule has 3 aromatic rings. The van der Waals surface area contributed by atoms with Crippen LogP contribution >= 0.6 is 0 Å². The van der Waals surface area contributed by atoms with E-state index in [4.69, 9.17) is 4.74 Å². The van der Waals surface area contributed by atoms with E-state index in [1.165, 1.54) is 17.4 Å². The van der Waals surface area contributed by atoms with Crippen molar-refractivity contribution in [1.82, 2.24) is 24.5 Å². The Hall–Kier alpha value is -2.90. The molecule has 0 amide bonds. The van der Waals surface area contributed by atoms with Crippen molar-refractivity contribution in [2.75, 3.05) is 0 Å². The fourth-order valence-electron chi connectivity index (χ4n) is 3.66. The summed E-state index contributed by atoms with van der Waals surface area (Å²) in [5.41, 5.74) is 0.829. The molecule has 0 radical (unpaired) electrons. The standard InChI is InChI=1S/C19H23N5O3/c1-3-10-24-18(26)13-16(22-15(21-13)12-6-4-5-7-12)23-19(24)27-14-11(2)8-9-20-17(14)25/h8-9,12H,3-7,10H2,1-2H3,(H,20,25)(H,21,22). The van der Waals surface area contributed by atoms with Crippen LogP contribution in [-0.2, 0) is 6.54 Å². The molecule has 142 valence electrons. The van der Waals surface area contributed by atoms with Gasteiger partial charge in [0.1, 0.15) is 5.82 Å². The zero-order valence-corrected chi connectivity index (χ0v) is 15.5. The maximum absolute atomic E-state index is 13.0. The van der Waals surface area contributed by atoms with E-state index in [-0.39, 0.29) is 22.9 Å². The van der Waals surface area contributed by atoms with Crippen LogP contribution in [0.4, 0.5) is 0 Å². The average Bonchev–Trinajstić information content (AvgIpc) is 3.30. The lowest BCUT2D eigenvalue weighted by molar-refractivity contribution is 0.391. The van der Waals surface area contributed by atoms with Gasteiger partial charge in [-0.2, -0.15) is 4.98 Å². The minimum Gasteiger partial charge on any atom is -0.419 e. The fourth-order valence-corrected chi connectivity index (χ4v) is 3.66. The van der Waals surface area contributed by atoms with Gasteiger partial charge in [-0.1, -0.05) is 19.8 Å². The molecule has 1 aliphatic rings. The van der Waals surface area contributed by atoms with Crippen molar-refractivity contribution in [3.8, 4) is 11.8 Å². The molecule has 0 spiro atoms. The molecule has 0 saturated heterocycles. The second-order valence-electron chi connectivity index (χ2n) is 7.07. The lowest BCUT2D eigenvalue weighted by Gasteiger charge is -2.12. The number of hydrogen-bond acceptors (Lipinski definition) is 5. The molecular formula is C19H23N5O3. The van der Waals surface area contributed by atoms with Gasteiger partial charge in [0, 0.05) is 18.7 Å². The number of ether oxygens (including phenoxy) is 1. The van der Waals surface area contributed by atoms with Crippen LogP contribution < -0.4 is 15.9 Å². The van der Waals surface area contributed by atoms with Crippen molar-refractivity contribution in [1.29, 1.82) is 0 Å². The predicted molar refractivity (Wildman–Crippen MR) is 102 cm³/mol. The highest BCUT2D eigenvalue weighted by molar-refractivity contribution is 5.70. The van der Waals surface area contributed by atoms with Crippen molar-refractivity contribution >= 4 is 11.2 Å². The Morgan fingerprint density at radius 1 is 1.26 bits per heavy atom. The molecule has 3 heterocycles. The summed E-state index contributed by atoms with van der Waals surface area (Å²) in [6.07, 6.45) is 6.80. The number of pyridine rings is 1. The zero-order chi connectivity index (χ0) is 19.0. The van der Waals surface area contributed by atoms with Gasteiger partial charge >= 0.3 is 6.01 Å². The summed E-state index contributed by atoms with van der Waals surface area (Å²) in [7, 11) is 0. The monoisotopic (exact) mass is 369 g/mol. The largest absolute Gasteiger partial charge is 0.419 e. The highest BCUT2D eigenvalue weighted by atomic mass is 16.5. The van der Waals surface area contributed by atoms with Crippen molar-refractivity contribution < 1.29 is 4.74 Å². The number of nitrogens with zero attached hydrogens (tertiary/aromatic N) is 3.